The Hall–Kier alpha value is -1.88. The van der Waals surface area contributed by atoms with Crippen molar-refractivity contribution in [1.29, 1.82) is 0 Å². The number of halogens is 1. The van der Waals surface area contributed by atoms with Gasteiger partial charge < -0.3 is 10.2 Å². The van der Waals surface area contributed by atoms with Crippen molar-refractivity contribution in [1.82, 2.24) is 4.98 Å². The van der Waals surface area contributed by atoms with Crippen LogP contribution in [0.25, 0.3) is 0 Å². The van der Waals surface area contributed by atoms with E-state index in [4.69, 9.17) is 0 Å². The van der Waals surface area contributed by atoms with E-state index < -0.39 is 0 Å². The molecule has 4 nitrogen and oxygen atoms in total. The maximum Gasteiger partial charge on any atom is 0.274 e. The Morgan fingerprint density at radius 2 is 2.00 bits per heavy atom. The molecule has 0 bridgehead atoms. The molecule has 0 aliphatic heterocycles. The minimum Gasteiger partial charge on any atom is -0.374 e. The molecule has 1 aromatic heterocycles. The van der Waals surface area contributed by atoms with Crippen molar-refractivity contribution >= 4 is 33.2 Å². The van der Waals surface area contributed by atoms with E-state index in [1.54, 1.807) is 6.20 Å². The Kier molecular flexibility index (Phi) is 5.95. The fraction of sp³-hybridized carbons (Fsp3) is 0.294. The number of benzene rings is 1. The Bertz CT molecular complexity index is 628. The Morgan fingerprint density at radius 3 is 2.68 bits per heavy atom. The second-order valence-corrected chi connectivity index (χ2v) is 6.05. The molecule has 5 heteroatoms. The number of nitrogens with zero attached hydrogens (tertiary/aromatic N) is 2. The van der Waals surface area contributed by atoms with Crippen LogP contribution in [0.4, 0.5) is 11.4 Å². The molecule has 2 aromatic rings. The normalized spacial score (nSPS) is 10.3. The first kappa shape index (κ1) is 16.5. The van der Waals surface area contributed by atoms with Gasteiger partial charge in [0.2, 0.25) is 0 Å². The molecule has 0 unspecified atom stereocenters. The van der Waals surface area contributed by atoms with E-state index in [0.717, 1.165) is 35.2 Å². The minimum absolute atomic E-state index is 0.201. The molecule has 1 aromatic carbocycles. The molecule has 0 radical (unpaired) electrons. The van der Waals surface area contributed by atoms with Gasteiger partial charge in [0.25, 0.3) is 5.91 Å². The van der Waals surface area contributed by atoms with Gasteiger partial charge in [0.05, 0.1) is 0 Å². The number of hydrogen-bond donors (Lipinski definition) is 1. The number of nitrogens with one attached hydrogen (secondary N) is 1. The van der Waals surface area contributed by atoms with E-state index in [0.29, 0.717) is 5.69 Å². The number of unbranched alkanes of at least 4 members (excludes halogenated alkanes) is 1. The molecule has 2 rings (SSSR count). The lowest BCUT2D eigenvalue weighted by Gasteiger charge is -2.19. The molecule has 22 heavy (non-hydrogen) atoms. The first-order chi connectivity index (χ1) is 10.6. The smallest absolute Gasteiger partial charge is 0.274 e. The van der Waals surface area contributed by atoms with Gasteiger partial charge in [-0.15, -0.1) is 0 Å². The Balaban J connectivity index is 2.08. The summed E-state index contributed by atoms with van der Waals surface area (Å²) in [6.07, 6.45) is 3.94. The molecule has 0 saturated carbocycles. The van der Waals surface area contributed by atoms with Crippen LogP contribution >= 0.6 is 15.9 Å². The second kappa shape index (κ2) is 7.94. The number of carbonyl (C=O) groups is 1. The highest BCUT2D eigenvalue weighted by atomic mass is 79.9. The summed E-state index contributed by atoms with van der Waals surface area (Å²) in [5, 5.41) is 2.85. The topological polar surface area (TPSA) is 45.2 Å². The minimum atomic E-state index is -0.201. The van der Waals surface area contributed by atoms with Crippen LogP contribution in [-0.4, -0.2) is 24.5 Å². The Morgan fingerprint density at radius 1 is 1.27 bits per heavy atom. The maximum atomic E-state index is 12.3. The summed E-state index contributed by atoms with van der Waals surface area (Å²) in [4.78, 5) is 18.6. The summed E-state index contributed by atoms with van der Waals surface area (Å²) in [5.41, 5.74) is 2.17. The van der Waals surface area contributed by atoms with Crippen LogP contribution in [0, 0.1) is 0 Å². The summed E-state index contributed by atoms with van der Waals surface area (Å²) in [6, 6.07) is 11.2. The average molecular weight is 362 g/mol. The third-order valence-electron chi connectivity index (χ3n) is 3.37. The number of rotatable bonds is 6. The van der Waals surface area contributed by atoms with Gasteiger partial charge in [-0.25, -0.2) is 0 Å². The number of pyridine rings is 1. The first-order valence-electron chi connectivity index (χ1n) is 7.34. The zero-order valence-corrected chi connectivity index (χ0v) is 14.4. The number of hydrogen-bond acceptors (Lipinski definition) is 3. The molecule has 0 atom stereocenters. The molecule has 0 saturated heterocycles. The van der Waals surface area contributed by atoms with Crippen molar-refractivity contribution in [3.8, 4) is 0 Å². The SMILES string of the molecule is CCCCN(C)c1ccnc(C(=O)Nc2ccc(Br)cc2)c1. The summed E-state index contributed by atoms with van der Waals surface area (Å²) < 4.78 is 0.975. The van der Waals surface area contributed by atoms with Gasteiger partial charge in [-0.05, 0) is 42.8 Å². The summed E-state index contributed by atoms with van der Waals surface area (Å²) in [7, 11) is 2.03. The average Bonchev–Trinajstić information content (AvgIpc) is 2.54. The lowest BCUT2D eigenvalue weighted by atomic mass is 10.2. The van der Waals surface area contributed by atoms with Gasteiger partial charge in [0, 0.05) is 35.6 Å². The van der Waals surface area contributed by atoms with Crippen LogP contribution < -0.4 is 10.2 Å². The van der Waals surface area contributed by atoms with E-state index in [1.807, 2.05) is 43.4 Å². The lowest BCUT2D eigenvalue weighted by molar-refractivity contribution is 0.102. The van der Waals surface area contributed by atoms with Crippen LogP contribution in [0.15, 0.2) is 47.1 Å². The molecular formula is C17H20BrN3O. The second-order valence-electron chi connectivity index (χ2n) is 5.14. The fourth-order valence-corrected chi connectivity index (χ4v) is 2.30. The molecule has 116 valence electrons. The molecule has 0 fully saturated rings. The molecule has 1 amide bonds. The molecule has 1 heterocycles. The van der Waals surface area contributed by atoms with Gasteiger partial charge in [-0.1, -0.05) is 29.3 Å². The van der Waals surface area contributed by atoms with Crippen molar-refractivity contribution in [3.05, 3.63) is 52.8 Å². The fourth-order valence-electron chi connectivity index (χ4n) is 2.03. The van der Waals surface area contributed by atoms with Gasteiger partial charge in [0.15, 0.2) is 0 Å². The monoisotopic (exact) mass is 361 g/mol. The first-order valence-corrected chi connectivity index (χ1v) is 8.13. The van der Waals surface area contributed by atoms with Crippen LogP contribution in [-0.2, 0) is 0 Å². The van der Waals surface area contributed by atoms with Crippen molar-refractivity contribution in [2.45, 2.75) is 19.8 Å². The van der Waals surface area contributed by atoms with Crippen LogP contribution in [0.5, 0.6) is 0 Å². The summed E-state index contributed by atoms with van der Waals surface area (Å²) >= 11 is 3.37. The number of amides is 1. The number of carbonyl (C=O) groups excluding carboxylic acids is 1. The predicted octanol–water partition coefficient (Wildman–Crippen LogP) is 4.33. The van der Waals surface area contributed by atoms with Gasteiger partial charge in [-0.3, -0.25) is 9.78 Å². The zero-order valence-electron chi connectivity index (χ0n) is 12.8. The quantitative estimate of drug-likeness (QED) is 0.832. The molecule has 0 aliphatic carbocycles. The van der Waals surface area contributed by atoms with Crippen LogP contribution in [0.1, 0.15) is 30.3 Å². The van der Waals surface area contributed by atoms with Gasteiger partial charge >= 0.3 is 0 Å². The van der Waals surface area contributed by atoms with E-state index >= 15 is 0 Å². The van der Waals surface area contributed by atoms with Crippen molar-refractivity contribution < 1.29 is 4.79 Å². The van der Waals surface area contributed by atoms with E-state index in [-0.39, 0.29) is 5.91 Å². The van der Waals surface area contributed by atoms with E-state index in [2.05, 4.69) is 38.1 Å². The van der Waals surface area contributed by atoms with Crippen molar-refractivity contribution in [2.24, 2.45) is 0 Å². The standard InChI is InChI=1S/C17H20BrN3O/c1-3-4-11-21(2)15-9-10-19-16(12-15)17(22)20-14-7-5-13(18)6-8-14/h5-10,12H,3-4,11H2,1-2H3,(H,20,22). The van der Waals surface area contributed by atoms with Crippen LogP contribution in [0.2, 0.25) is 0 Å². The van der Waals surface area contributed by atoms with Gasteiger partial charge in [-0.2, -0.15) is 0 Å². The molecule has 1 N–H and O–H groups in total. The molecule has 0 spiro atoms. The van der Waals surface area contributed by atoms with Crippen molar-refractivity contribution in [2.75, 3.05) is 23.8 Å². The highest BCUT2D eigenvalue weighted by molar-refractivity contribution is 9.10. The highest BCUT2D eigenvalue weighted by Gasteiger charge is 2.10. The summed E-state index contributed by atoms with van der Waals surface area (Å²) in [5.74, 6) is -0.201. The predicted molar refractivity (Wildman–Crippen MR) is 94.5 cm³/mol. The maximum absolute atomic E-state index is 12.3. The van der Waals surface area contributed by atoms with E-state index in [9.17, 15) is 4.79 Å². The Labute approximate surface area is 139 Å². The summed E-state index contributed by atoms with van der Waals surface area (Å²) in [6.45, 7) is 3.13. The number of aromatic nitrogens is 1. The number of anilines is 2. The highest BCUT2D eigenvalue weighted by Crippen LogP contribution is 2.17. The van der Waals surface area contributed by atoms with Crippen LogP contribution in [0.3, 0.4) is 0 Å². The van der Waals surface area contributed by atoms with E-state index in [1.165, 1.54) is 0 Å². The molecular weight excluding hydrogens is 342 g/mol. The van der Waals surface area contributed by atoms with Crippen molar-refractivity contribution in [3.63, 3.8) is 0 Å². The lowest BCUT2D eigenvalue weighted by Crippen LogP contribution is -2.20. The molecule has 0 aliphatic rings. The largest absolute Gasteiger partial charge is 0.374 e. The third kappa shape index (κ3) is 4.56. The van der Waals surface area contributed by atoms with Gasteiger partial charge in [0.1, 0.15) is 5.69 Å². The third-order valence-corrected chi connectivity index (χ3v) is 3.89. The zero-order chi connectivity index (χ0) is 15.9.